The first kappa shape index (κ1) is 13.2. The molecule has 0 radical (unpaired) electrons. The number of hydrogen-bond acceptors (Lipinski definition) is 6. The molecular formula is C10H14N4O2S3. The molecule has 19 heavy (non-hydrogen) atoms. The van der Waals surface area contributed by atoms with E-state index in [2.05, 4.69) is 4.98 Å². The third-order valence-corrected chi connectivity index (χ3v) is 7.10. The highest BCUT2D eigenvalue weighted by Gasteiger charge is 2.35. The van der Waals surface area contributed by atoms with Gasteiger partial charge in [-0.25, -0.2) is 13.4 Å². The van der Waals surface area contributed by atoms with Crippen molar-refractivity contribution in [3.05, 3.63) is 11.6 Å². The van der Waals surface area contributed by atoms with E-state index in [1.165, 1.54) is 15.6 Å². The minimum atomic E-state index is -3.59. The fraction of sp³-hybridized carbons (Fsp3) is 0.500. The van der Waals surface area contributed by atoms with Crippen molar-refractivity contribution in [2.45, 2.75) is 18.0 Å². The molecule has 0 aromatic carbocycles. The van der Waals surface area contributed by atoms with Crippen LogP contribution in [0.25, 0.3) is 4.96 Å². The Balaban J connectivity index is 2.13. The monoisotopic (exact) mass is 318 g/mol. The molecule has 0 amide bonds. The summed E-state index contributed by atoms with van der Waals surface area (Å²) in [6.07, 6.45) is 1.69. The molecule has 9 heteroatoms. The molecule has 0 aliphatic carbocycles. The molecule has 2 aromatic heterocycles. The average Bonchev–Trinajstić information content (AvgIpc) is 2.88. The zero-order chi connectivity index (χ0) is 13.6. The van der Waals surface area contributed by atoms with E-state index in [1.54, 1.807) is 27.7 Å². The number of nitrogen functional groups attached to an aromatic ring is 1. The molecule has 2 N–H and O–H groups in total. The number of imidazole rings is 1. The number of thiazole rings is 1. The van der Waals surface area contributed by atoms with Crippen molar-refractivity contribution < 1.29 is 8.42 Å². The van der Waals surface area contributed by atoms with Gasteiger partial charge in [-0.05, 0) is 6.92 Å². The van der Waals surface area contributed by atoms with Crippen molar-refractivity contribution in [3.8, 4) is 0 Å². The summed E-state index contributed by atoms with van der Waals surface area (Å²) in [4.78, 5) is 4.71. The molecule has 104 valence electrons. The first-order valence-corrected chi connectivity index (χ1v) is 9.30. The van der Waals surface area contributed by atoms with Gasteiger partial charge < -0.3 is 5.73 Å². The van der Waals surface area contributed by atoms with Gasteiger partial charge in [0, 0.05) is 35.7 Å². The van der Waals surface area contributed by atoms with E-state index in [1.807, 2.05) is 6.92 Å². The van der Waals surface area contributed by atoms with Crippen molar-refractivity contribution >= 4 is 43.9 Å². The summed E-state index contributed by atoms with van der Waals surface area (Å²) in [6, 6.07) is -0.0210. The zero-order valence-corrected chi connectivity index (χ0v) is 12.8. The van der Waals surface area contributed by atoms with Crippen LogP contribution in [0.5, 0.6) is 0 Å². The summed E-state index contributed by atoms with van der Waals surface area (Å²) in [7, 11) is -3.59. The SMILES string of the molecule is CC1CSCCN1S(=O)(=O)c1c(N)nc2sccn12. The first-order valence-electron chi connectivity index (χ1n) is 5.82. The molecule has 1 aliphatic rings. The van der Waals surface area contributed by atoms with Gasteiger partial charge in [-0.1, -0.05) is 0 Å². The molecule has 0 spiro atoms. The summed E-state index contributed by atoms with van der Waals surface area (Å²) in [6.45, 7) is 2.44. The minimum Gasteiger partial charge on any atom is -0.381 e. The number of aromatic nitrogens is 2. The Morgan fingerprint density at radius 1 is 1.53 bits per heavy atom. The number of anilines is 1. The van der Waals surface area contributed by atoms with E-state index in [0.717, 1.165) is 11.5 Å². The molecule has 1 fully saturated rings. The Bertz CT molecular complexity index is 705. The van der Waals surface area contributed by atoms with Crippen LogP contribution >= 0.6 is 23.1 Å². The van der Waals surface area contributed by atoms with Crippen LogP contribution < -0.4 is 5.73 Å². The van der Waals surface area contributed by atoms with Gasteiger partial charge in [0.2, 0.25) is 0 Å². The molecule has 0 saturated carbocycles. The van der Waals surface area contributed by atoms with E-state index in [4.69, 9.17) is 5.73 Å². The van der Waals surface area contributed by atoms with Crippen molar-refractivity contribution in [3.63, 3.8) is 0 Å². The zero-order valence-electron chi connectivity index (χ0n) is 10.3. The van der Waals surface area contributed by atoms with Crippen LogP contribution in [0.15, 0.2) is 16.6 Å². The van der Waals surface area contributed by atoms with Crippen LogP contribution in [-0.4, -0.2) is 46.2 Å². The summed E-state index contributed by atoms with van der Waals surface area (Å²) >= 11 is 3.14. The lowest BCUT2D eigenvalue weighted by atomic mass is 10.4. The molecule has 1 atom stereocenters. The maximum atomic E-state index is 12.8. The summed E-state index contributed by atoms with van der Waals surface area (Å²) in [5.41, 5.74) is 5.80. The molecule has 3 rings (SSSR count). The Labute approximate surface area is 119 Å². The molecule has 2 aromatic rings. The standard InChI is InChI=1S/C10H14N4O2S3/c1-7-6-17-4-3-14(7)19(15,16)9-8(11)12-10-13(9)2-5-18-10/h2,5,7H,3-4,6,11H2,1H3. The minimum absolute atomic E-state index is 0.0210. The fourth-order valence-corrected chi connectivity index (χ4v) is 6.03. The van der Waals surface area contributed by atoms with Gasteiger partial charge in [0.05, 0.1) is 0 Å². The number of rotatable bonds is 2. The van der Waals surface area contributed by atoms with Crippen molar-refractivity contribution in [1.29, 1.82) is 0 Å². The van der Waals surface area contributed by atoms with Crippen molar-refractivity contribution in [1.82, 2.24) is 13.7 Å². The van der Waals surface area contributed by atoms with Crippen LogP contribution in [0.2, 0.25) is 0 Å². The van der Waals surface area contributed by atoms with E-state index in [-0.39, 0.29) is 16.9 Å². The van der Waals surface area contributed by atoms with Gasteiger partial charge in [0.15, 0.2) is 15.8 Å². The number of sulfonamides is 1. The summed E-state index contributed by atoms with van der Waals surface area (Å²) in [5, 5.41) is 1.90. The number of fused-ring (bicyclic) bond motifs is 1. The first-order chi connectivity index (χ1) is 9.01. The van der Waals surface area contributed by atoms with Gasteiger partial charge in [-0.3, -0.25) is 4.40 Å². The lowest BCUT2D eigenvalue weighted by Crippen LogP contribution is -2.44. The fourth-order valence-electron chi connectivity index (χ4n) is 2.22. The van der Waals surface area contributed by atoms with Gasteiger partial charge in [-0.15, -0.1) is 11.3 Å². The maximum absolute atomic E-state index is 12.8. The quantitative estimate of drug-likeness (QED) is 0.897. The number of thioether (sulfide) groups is 1. The second-order valence-electron chi connectivity index (χ2n) is 4.40. The van der Waals surface area contributed by atoms with Crippen LogP contribution in [0.4, 0.5) is 5.82 Å². The second-order valence-corrected chi connectivity index (χ2v) is 8.23. The lowest BCUT2D eigenvalue weighted by molar-refractivity contribution is 0.366. The third kappa shape index (κ3) is 2.04. The van der Waals surface area contributed by atoms with E-state index < -0.39 is 10.0 Å². The number of nitrogens with two attached hydrogens (primary N) is 1. The third-order valence-electron chi connectivity index (χ3n) is 3.10. The number of nitrogens with zero attached hydrogens (tertiary/aromatic N) is 3. The predicted octanol–water partition coefficient (Wildman–Crippen LogP) is 1.10. The lowest BCUT2D eigenvalue weighted by Gasteiger charge is -2.31. The van der Waals surface area contributed by atoms with E-state index in [0.29, 0.717) is 11.5 Å². The van der Waals surface area contributed by atoms with Crippen LogP contribution in [0, 0.1) is 0 Å². The summed E-state index contributed by atoms with van der Waals surface area (Å²) in [5.74, 6) is 1.71. The molecule has 6 nitrogen and oxygen atoms in total. The highest BCUT2D eigenvalue weighted by Crippen LogP contribution is 2.29. The molecular weight excluding hydrogens is 304 g/mol. The summed E-state index contributed by atoms with van der Waals surface area (Å²) < 4.78 is 28.6. The van der Waals surface area contributed by atoms with E-state index >= 15 is 0 Å². The van der Waals surface area contributed by atoms with Crippen LogP contribution in [0.1, 0.15) is 6.92 Å². The molecule has 1 aliphatic heterocycles. The van der Waals surface area contributed by atoms with Gasteiger partial charge in [0.25, 0.3) is 10.0 Å². The average molecular weight is 318 g/mol. The van der Waals surface area contributed by atoms with Crippen LogP contribution in [-0.2, 0) is 10.0 Å². The van der Waals surface area contributed by atoms with Gasteiger partial charge in [0.1, 0.15) is 0 Å². The van der Waals surface area contributed by atoms with E-state index in [9.17, 15) is 8.42 Å². The highest BCUT2D eigenvalue weighted by molar-refractivity contribution is 7.99. The highest BCUT2D eigenvalue weighted by atomic mass is 32.2. The smallest absolute Gasteiger partial charge is 0.263 e. The topological polar surface area (TPSA) is 80.7 Å². The Hall–Kier alpha value is -0.770. The molecule has 3 heterocycles. The second kappa shape index (κ2) is 4.65. The molecule has 1 saturated heterocycles. The van der Waals surface area contributed by atoms with Gasteiger partial charge >= 0.3 is 0 Å². The van der Waals surface area contributed by atoms with Crippen molar-refractivity contribution in [2.75, 3.05) is 23.8 Å². The van der Waals surface area contributed by atoms with Crippen LogP contribution in [0.3, 0.4) is 0 Å². The predicted molar refractivity (Wildman–Crippen MR) is 78.2 cm³/mol. The van der Waals surface area contributed by atoms with Crippen molar-refractivity contribution in [2.24, 2.45) is 0 Å². The molecule has 1 unspecified atom stereocenters. The Morgan fingerprint density at radius 3 is 3.05 bits per heavy atom. The molecule has 0 bridgehead atoms. The maximum Gasteiger partial charge on any atom is 0.263 e. The Morgan fingerprint density at radius 2 is 2.32 bits per heavy atom. The largest absolute Gasteiger partial charge is 0.381 e. The number of hydrogen-bond donors (Lipinski definition) is 1. The normalized spacial score (nSPS) is 22.1. The van der Waals surface area contributed by atoms with Gasteiger partial charge in [-0.2, -0.15) is 16.1 Å². The Kier molecular flexibility index (Phi) is 3.24.